The normalized spacial score (nSPS) is 17.6. The molecule has 1 rings (SSSR count). The molecule has 0 aromatic rings. The molecule has 0 aromatic heterocycles. The average Bonchev–Trinajstić information content (AvgIpc) is 2.83. The minimum atomic E-state index is -1.57. The Morgan fingerprint density at radius 2 is 1.60 bits per heavy atom. The number of carboxylic acid groups (broad SMARTS) is 2. The van der Waals surface area contributed by atoms with E-state index in [2.05, 4.69) is 9.47 Å². The van der Waals surface area contributed by atoms with Crippen molar-refractivity contribution in [1.82, 2.24) is 4.90 Å². The molecule has 20 heavy (non-hydrogen) atoms. The van der Waals surface area contributed by atoms with Crippen LogP contribution in [0.25, 0.3) is 0 Å². The van der Waals surface area contributed by atoms with Gasteiger partial charge in [-0.15, -0.1) is 0 Å². The highest BCUT2D eigenvalue weighted by molar-refractivity contribution is 6.15. The number of methoxy groups -OCH3 is 2. The molecule has 0 aromatic carbocycles. The number of carboxylic acids is 1. The van der Waals surface area contributed by atoms with Crippen LogP contribution in [0.15, 0.2) is 11.3 Å². The minimum Gasteiger partial charge on any atom is -0.480 e. The number of likely N-dealkylation sites (tertiary alicyclic amines) is 1. The molecule has 1 amide bonds. The number of esters is 2. The molecular weight excluding hydrogens is 274 g/mol. The lowest BCUT2D eigenvalue weighted by Gasteiger charge is -2.20. The molecule has 0 unspecified atom stereocenters. The van der Waals surface area contributed by atoms with Gasteiger partial charge in [0.1, 0.15) is 6.04 Å². The van der Waals surface area contributed by atoms with Gasteiger partial charge in [-0.25, -0.2) is 19.2 Å². The van der Waals surface area contributed by atoms with Crippen LogP contribution in [0.1, 0.15) is 12.8 Å². The van der Waals surface area contributed by atoms with Crippen molar-refractivity contribution in [3.8, 4) is 0 Å². The Morgan fingerprint density at radius 1 is 1.10 bits per heavy atom. The van der Waals surface area contributed by atoms with Gasteiger partial charge < -0.3 is 19.7 Å². The molecule has 0 aliphatic carbocycles. The van der Waals surface area contributed by atoms with Crippen LogP contribution < -0.4 is 0 Å². The molecule has 1 aliphatic rings. The lowest BCUT2D eigenvalue weighted by Crippen LogP contribution is -2.40. The van der Waals surface area contributed by atoms with Gasteiger partial charge in [-0.05, 0) is 12.8 Å². The first-order valence-corrected chi connectivity index (χ1v) is 5.49. The van der Waals surface area contributed by atoms with E-state index in [1.807, 2.05) is 0 Å². The summed E-state index contributed by atoms with van der Waals surface area (Å²) in [6, 6.07) is -1.35. The fourth-order valence-electron chi connectivity index (χ4n) is 1.96. The summed E-state index contributed by atoms with van der Waals surface area (Å²) in [5.41, 5.74) is -0.843. The van der Waals surface area contributed by atoms with Crippen LogP contribution in [0.4, 0.5) is 4.79 Å². The second-order valence-corrected chi connectivity index (χ2v) is 3.85. The molecule has 1 saturated heterocycles. The van der Waals surface area contributed by atoms with Gasteiger partial charge in [0.2, 0.25) is 0 Å². The number of carbonyl (C=O) groups excluding carboxylic acids is 2. The van der Waals surface area contributed by atoms with E-state index in [9.17, 15) is 19.2 Å². The quantitative estimate of drug-likeness (QED) is 0.316. The van der Waals surface area contributed by atoms with E-state index in [0.29, 0.717) is 4.90 Å². The maximum Gasteiger partial charge on any atom is 0.412 e. The lowest BCUT2D eigenvalue weighted by molar-refractivity contribution is -0.145. The molecule has 0 saturated carbocycles. The third-order valence-corrected chi connectivity index (χ3v) is 2.82. The number of rotatable bonds is 3. The zero-order valence-electron chi connectivity index (χ0n) is 10.8. The van der Waals surface area contributed by atoms with Crippen LogP contribution in [0.5, 0.6) is 0 Å². The van der Waals surface area contributed by atoms with Gasteiger partial charge in [0, 0.05) is 5.70 Å². The summed E-state index contributed by atoms with van der Waals surface area (Å²) < 4.78 is 8.81. The van der Waals surface area contributed by atoms with Crippen LogP contribution in [0, 0.1) is 0 Å². The highest BCUT2D eigenvalue weighted by Gasteiger charge is 2.42. The molecule has 0 spiro atoms. The fourth-order valence-corrected chi connectivity index (χ4v) is 1.96. The number of amides is 1. The Bertz CT molecular complexity index is 477. The summed E-state index contributed by atoms with van der Waals surface area (Å²) >= 11 is 0. The third kappa shape index (κ3) is 2.71. The van der Waals surface area contributed by atoms with Gasteiger partial charge in [0.25, 0.3) is 0 Å². The molecule has 9 heteroatoms. The topological polar surface area (TPSA) is 130 Å². The summed E-state index contributed by atoms with van der Waals surface area (Å²) in [5, 5.41) is 18.0. The fraction of sp³-hybridized carbons (Fsp3) is 0.455. The van der Waals surface area contributed by atoms with Crippen molar-refractivity contribution in [3.63, 3.8) is 0 Å². The molecule has 1 heterocycles. The van der Waals surface area contributed by atoms with Crippen molar-refractivity contribution in [1.29, 1.82) is 0 Å². The van der Waals surface area contributed by atoms with Gasteiger partial charge in [-0.3, -0.25) is 4.90 Å². The first-order chi connectivity index (χ1) is 9.34. The van der Waals surface area contributed by atoms with E-state index in [4.69, 9.17) is 10.2 Å². The van der Waals surface area contributed by atoms with Gasteiger partial charge in [0.05, 0.1) is 14.2 Å². The average molecular weight is 287 g/mol. The number of carbonyl (C=O) groups is 4. The standard InChI is InChI=1S/C11H13NO8/c1-19-9(15)7(10(16)20-2)5-3-4-6(8(13)14)12(5)11(17)18/h6H,3-4H2,1-2H3,(H,13,14)(H,17,18)/t6-/m0/s1. The number of aliphatic carboxylic acids is 1. The van der Waals surface area contributed by atoms with Crippen molar-refractivity contribution in [2.75, 3.05) is 14.2 Å². The number of hydrogen-bond acceptors (Lipinski definition) is 6. The zero-order valence-corrected chi connectivity index (χ0v) is 10.8. The van der Waals surface area contributed by atoms with Gasteiger partial charge in [0.15, 0.2) is 5.57 Å². The van der Waals surface area contributed by atoms with Gasteiger partial charge >= 0.3 is 24.0 Å². The van der Waals surface area contributed by atoms with Crippen LogP contribution in [0.3, 0.4) is 0 Å². The molecule has 1 aliphatic heterocycles. The molecule has 1 atom stereocenters. The number of nitrogens with zero attached hydrogens (tertiary/aromatic N) is 1. The number of hydrogen-bond donors (Lipinski definition) is 2. The molecular formula is C11H13NO8. The van der Waals surface area contributed by atoms with E-state index in [1.165, 1.54) is 0 Å². The highest BCUT2D eigenvalue weighted by atomic mass is 16.5. The van der Waals surface area contributed by atoms with Gasteiger partial charge in [-0.1, -0.05) is 0 Å². The Morgan fingerprint density at radius 3 is 1.95 bits per heavy atom. The van der Waals surface area contributed by atoms with E-state index in [0.717, 1.165) is 14.2 Å². The molecule has 1 fully saturated rings. The van der Waals surface area contributed by atoms with Crippen molar-refractivity contribution in [3.05, 3.63) is 11.3 Å². The molecule has 2 N–H and O–H groups in total. The Hall–Kier alpha value is -2.58. The van der Waals surface area contributed by atoms with Crippen molar-refractivity contribution in [2.24, 2.45) is 0 Å². The number of allylic oxidation sites excluding steroid dienone is 1. The monoisotopic (exact) mass is 287 g/mol. The van der Waals surface area contributed by atoms with E-state index < -0.39 is 35.6 Å². The molecule has 0 radical (unpaired) electrons. The highest BCUT2D eigenvalue weighted by Crippen LogP contribution is 2.31. The van der Waals surface area contributed by atoms with Crippen molar-refractivity contribution in [2.45, 2.75) is 18.9 Å². The minimum absolute atomic E-state index is 0.0472. The van der Waals surface area contributed by atoms with E-state index in [1.54, 1.807) is 0 Å². The van der Waals surface area contributed by atoms with Crippen LogP contribution in [0.2, 0.25) is 0 Å². The van der Waals surface area contributed by atoms with E-state index >= 15 is 0 Å². The lowest BCUT2D eigenvalue weighted by atomic mass is 10.1. The maximum atomic E-state index is 11.6. The summed E-state index contributed by atoms with van der Waals surface area (Å²) in [7, 11) is 2.03. The smallest absolute Gasteiger partial charge is 0.412 e. The summed E-state index contributed by atoms with van der Waals surface area (Å²) in [6.07, 6.45) is -1.69. The summed E-state index contributed by atoms with van der Waals surface area (Å²) in [5.74, 6) is -3.52. The summed E-state index contributed by atoms with van der Waals surface area (Å²) in [4.78, 5) is 45.9. The second kappa shape index (κ2) is 6.04. The van der Waals surface area contributed by atoms with Crippen LogP contribution in [-0.2, 0) is 23.9 Å². The Kier molecular flexibility index (Phi) is 4.68. The third-order valence-electron chi connectivity index (χ3n) is 2.82. The maximum absolute atomic E-state index is 11.6. The van der Waals surface area contributed by atoms with Crippen molar-refractivity contribution >= 4 is 24.0 Å². The van der Waals surface area contributed by atoms with Gasteiger partial charge in [-0.2, -0.15) is 0 Å². The number of ether oxygens (including phenoxy) is 2. The molecule has 0 bridgehead atoms. The zero-order chi connectivity index (χ0) is 15.4. The Labute approximate surface area is 113 Å². The predicted molar refractivity (Wildman–Crippen MR) is 61.6 cm³/mol. The molecule has 110 valence electrons. The SMILES string of the molecule is COC(=O)C(C(=O)OC)=C1CC[C@@H](C(=O)O)N1C(=O)O. The Balaban J connectivity index is 3.39. The van der Waals surface area contributed by atoms with E-state index in [-0.39, 0.29) is 18.5 Å². The summed E-state index contributed by atoms with van der Waals surface area (Å²) in [6.45, 7) is 0. The first-order valence-electron chi connectivity index (χ1n) is 5.49. The molecule has 9 nitrogen and oxygen atoms in total. The van der Waals surface area contributed by atoms with Crippen molar-refractivity contribution < 1.29 is 38.9 Å². The largest absolute Gasteiger partial charge is 0.480 e. The second-order valence-electron chi connectivity index (χ2n) is 3.85. The predicted octanol–water partition coefficient (Wildman–Crippen LogP) is -0.187. The van der Waals surface area contributed by atoms with Crippen LogP contribution in [-0.4, -0.2) is 59.4 Å². The van der Waals surface area contributed by atoms with Crippen LogP contribution >= 0.6 is 0 Å². The first kappa shape index (κ1) is 15.5.